The van der Waals surface area contributed by atoms with E-state index < -0.39 is 17.8 Å². The number of thiazole rings is 1. The Labute approximate surface area is 102 Å². The average Bonchev–Trinajstić information content (AvgIpc) is 2.79. The fourth-order valence-electron chi connectivity index (χ4n) is 1.13. The Morgan fingerprint density at radius 3 is 2.56 bits per heavy atom. The minimum atomic E-state index is -0.758. The summed E-state index contributed by atoms with van der Waals surface area (Å²) in [7, 11) is 0. The number of halogens is 1. The zero-order chi connectivity index (χ0) is 11.7. The quantitative estimate of drug-likeness (QED) is 0.765. The lowest BCUT2D eigenvalue weighted by Gasteiger charge is -2.10. The van der Waals surface area contributed by atoms with Gasteiger partial charge in [0.15, 0.2) is 3.92 Å². The number of amides is 2. The van der Waals surface area contributed by atoms with Gasteiger partial charge < -0.3 is 4.84 Å². The molecule has 1 aliphatic rings. The molecule has 0 aromatic carbocycles. The van der Waals surface area contributed by atoms with Crippen LogP contribution in [0.5, 0.6) is 0 Å². The number of rotatable bonds is 2. The first-order chi connectivity index (χ1) is 7.58. The van der Waals surface area contributed by atoms with Gasteiger partial charge in [-0.25, -0.2) is 9.78 Å². The normalized spacial score (nSPS) is 15.7. The zero-order valence-corrected chi connectivity index (χ0v) is 10.2. The molecule has 0 atom stereocenters. The maximum Gasteiger partial charge on any atom is 0.375 e. The lowest BCUT2D eigenvalue weighted by atomic mass is 10.4. The van der Waals surface area contributed by atoms with Gasteiger partial charge in [-0.2, -0.15) is 0 Å². The predicted molar refractivity (Wildman–Crippen MR) is 56.3 cm³/mol. The fourth-order valence-corrected chi connectivity index (χ4v) is 2.27. The molecule has 8 heteroatoms. The largest absolute Gasteiger partial charge is 0.375 e. The molecule has 1 aromatic rings. The van der Waals surface area contributed by atoms with Gasteiger partial charge in [0.25, 0.3) is 11.8 Å². The highest BCUT2D eigenvalue weighted by atomic mass is 79.9. The number of carbonyl (C=O) groups excluding carboxylic acids is 3. The predicted octanol–water partition coefficient (Wildman–Crippen LogP) is 1.13. The maximum absolute atomic E-state index is 11.5. The number of aromatic nitrogens is 1. The van der Waals surface area contributed by atoms with Gasteiger partial charge in [-0.15, -0.1) is 16.4 Å². The van der Waals surface area contributed by atoms with E-state index in [4.69, 9.17) is 0 Å². The molecule has 1 aromatic heterocycles. The van der Waals surface area contributed by atoms with Crippen LogP contribution in [0.15, 0.2) is 10.1 Å². The number of imide groups is 1. The van der Waals surface area contributed by atoms with Crippen LogP contribution in [0.1, 0.15) is 22.5 Å². The molecular weight excluding hydrogens is 300 g/mol. The van der Waals surface area contributed by atoms with Crippen molar-refractivity contribution < 1.29 is 19.2 Å². The van der Waals surface area contributed by atoms with Crippen molar-refractivity contribution in [2.24, 2.45) is 0 Å². The van der Waals surface area contributed by atoms with Crippen LogP contribution >= 0.6 is 27.3 Å². The summed E-state index contributed by atoms with van der Waals surface area (Å²) >= 11 is 4.15. The van der Waals surface area contributed by atoms with Crippen LogP contribution in [-0.4, -0.2) is 27.8 Å². The molecule has 1 aliphatic heterocycles. The van der Waals surface area contributed by atoms with Gasteiger partial charge >= 0.3 is 5.97 Å². The van der Waals surface area contributed by atoms with Crippen molar-refractivity contribution >= 4 is 45.1 Å². The summed E-state index contributed by atoms with van der Waals surface area (Å²) in [6.45, 7) is 0. The Hall–Kier alpha value is -1.28. The van der Waals surface area contributed by atoms with Gasteiger partial charge in [0.2, 0.25) is 0 Å². The second-order valence-corrected chi connectivity index (χ2v) is 5.24. The van der Waals surface area contributed by atoms with Crippen molar-refractivity contribution in [1.82, 2.24) is 10.0 Å². The number of nitrogens with zero attached hydrogens (tertiary/aromatic N) is 2. The molecule has 2 rings (SSSR count). The standard InChI is InChI=1S/C8H5BrN2O4S/c9-8-10-3-4(16-8)7(14)15-11-5(12)1-2-6(11)13/h3H,1-2H2. The van der Waals surface area contributed by atoms with Gasteiger partial charge in [0, 0.05) is 12.8 Å². The molecule has 0 saturated carbocycles. The summed E-state index contributed by atoms with van der Waals surface area (Å²) < 4.78 is 0.526. The minimum Gasteiger partial charge on any atom is -0.324 e. The van der Waals surface area contributed by atoms with Crippen LogP contribution in [0.25, 0.3) is 0 Å². The highest BCUT2D eigenvalue weighted by Gasteiger charge is 2.33. The molecule has 0 unspecified atom stereocenters. The van der Waals surface area contributed by atoms with Gasteiger partial charge in [-0.1, -0.05) is 0 Å². The van der Waals surface area contributed by atoms with Gasteiger partial charge in [0.1, 0.15) is 4.88 Å². The molecular formula is C8H5BrN2O4S. The lowest BCUT2D eigenvalue weighted by molar-refractivity contribution is -0.172. The Morgan fingerprint density at radius 2 is 2.06 bits per heavy atom. The van der Waals surface area contributed by atoms with E-state index >= 15 is 0 Å². The molecule has 0 N–H and O–H groups in total. The highest BCUT2D eigenvalue weighted by molar-refractivity contribution is 9.11. The van der Waals surface area contributed by atoms with Crippen molar-refractivity contribution in [3.63, 3.8) is 0 Å². The number of hydrogen-bond acceptors (Lipinski definition) is 6. The summed E-state index contributed by atoms with van der Waals surface area (Å²) in [6.07, 6.45) is 1.47. The molecule has 1 fully saturated rings. The van der Waals surface area contributed by atoms with E-state index in [0.717, 1.165) is 11.3 Å². The molecule has 2 heterocycles. The monoisotopic (exact) mass is 304 g/mol. The van der Waals surface area contributed by atoms with Gasteiger partial charge in [-0.3, -0.25) is 9.59 Å². The van der Waals surface area contributed by atoms with E-state index in [0.29, 0.717) is 8.98 Å². The van der Waals surface area contributed by atoms with E-state index in [9.17, 15) is 14.4 Å². The van der Waals surface area contributed by atoms with E-state index in [-0.39, 0.29) is 17.7 Å². The summed E-state index contributed by atoms with van der Waals surface area (Å²) in [5, 5.41) is 0.510. The lowest BCUT2D eigenvalue weighted by Crippen LogP contribution is -2.31. The van der Waals surface area contributed by atoms with E-state index in [1.807, 2.05) is 0 Å². The molecule has 0 spiro atoms. The summed E-state index contributed by atoms with van der Waals surface area (Å²) in [5.74, 6) is -1.75. The summed E-state index contributed by atoms with van der Waals surface area (Å²) in [5.41, 5.74) is 0. The maximum atomic E-state index is 11.5. The number of hydroxylamine groups is 2. The van der Waals surface area contributed by atoms with Crippen molar-refractivity contribution in [1.29, 1.82) is 0 Å². The van der Waals surface area contributed by atoms with Crippen LogP contribution in [0.4, 0.5) is 0 Å². The Morgan fingerprint density at radius 1 is 1.44 bits per heavy atom. The van der Waals surface area contributed by atoms with Crippen LogP contribution < -0.4 is 0 Å². The third-order valence-corrected chi connectivity index (χ3v) is 3.31. The van der Waals surface area contributed by atoms with Crippen molar-refractivity contribution in [3.05, 3.63) is 15.0 Å². The summed E-state index contributed by atoms with van der Waals surface area (Å²) in [6, 6.07) is 0. The Bertz CT molecular complexity index is 456. The molecule has 84 valence electrons. The SMILES string of the molecule is O=C(ON1C(=O)CCC1=O)c1cnc(Br)s1. The zero-order valence-electron chi connectivity index (χ0n) is 7.81. The van der Waals surface area contributed by atoms with Crippen LogP contribution in [0.2, 0.25) is 0 Å². The summed E-state index contributed by atoms with van der Waals surface area (Å²) in [4.78, 5) is 42.5. The van der Waals surface area contributed by atoms with E-state index in [2.05, 4.69) is 25.8 Å². The van der Waals surface area contributed by atoms with E-state index in [1.54, 1.807) is 0 Å². The Balaban J connectivity index is 2.08. The molecule has 6 nitrogen and oxygen atoms in total. The van der Waals surface area contributed by atoms with Gasteiger partial charge in [0.05, 0.1) is 6.20 Å². The number of carbonyl (C=O) groups is 3. The van der Waals surface area contributed by atoms with Crippen LogP contribution in [0, 0.1) is 0 Å². The molecule has 0 radical (unpaired) electrons. The van der Waals surface area contributed by atoms with Crippen molar-refractivity contribution in [2.75, 3.05) is 0 Å². The minimum absolute atomic E-state index is 0.0818. The third-order valence-electron chi connectivity index (χ3n) is 1.86. The second-order valence-electron chi connectivity index (χ2n) is 2.94. The smallest absolute Gasteiger partial charge is 0.324 e. The topological polar surface area (TPSA) is 76.6 Å². The third kappa shape index (κ3) is 2.12. The Kier molecular flexibility index (Phi) is 3.01. The van der Waals surface area contributed by atoms with Gasteiger partial charge in [-0.05, 0) is 15.9 Å². The van der Waals surface area contributed by atoms with Crippen LogP contribution in [0.3, 0.4) is 0 Å². The highest BCUT2D eigenvalue weighted by Crippen LogP contribution is 2.21. The number of hydrogen-bond donors (Lipinski definition) is 0. The molecule has 0 aliphatic carbocycles. The van der Waals surface area contributed by atoms with E-state index in [1.165, 1.54) is 6.20 Å². The van der Waals surface area contributed by atoms with Crippen molar-refractivity contribution in [3.8, 4) is 0 Å². The first-order valence-electron chi connectivity index (χ1n) is 4.27. The molecule has 1 saturated heterocycles. The van der Waals surface area contributed by atoms with Crippen molar-refractivity contribution in [2.45, 2.75) is 12.8 Å². The first-order valence-corrected chi connectivity index (χ1v) is 5.88. The average molecular weight is 305 g/mol. The first kappa shape index (κ1) is 11.2. The fraction of sp³-hybridized carbons (Fsp3) is 0.250. The van der Waals surface area contributed by atoms with Crippen LogP contribution in [-0.2, 0) is 14.4 Å². The molecule has 0 bridgehead atoms. The molecule has 2 amide bonds. The second kappa shape index (κ2) is 4.30. The molecule has 16 heavy (non-hydrogen) atoms.